The Bertz CT molecular complexity index is 1480. The van der Waals surface area contributed by atoms with Gasteiger partial charge in [0, 0.05) is 48.1 Å². The molecule has 5 rings (SSSR count). The van der Waals surface area contributed by atoms with E-state index in [0.29, 0.717) is 0 Å². The number of benzene rings is 3. The maximum absolute atomic E-state index is 3.46. The van der Waals surface area contributed by atoms with Gasteiger partial charge in [0.2, 0.25) is 0 Å². The minimum absolute atomic E-state index is 0.953. The van der Waals surface area contributed by atoms with Crippen LogP contribution in [0.3, 0.4) is 0 Å². The number of anilines is 2. The summed E-state index contributed by atoms with van der Waals surface area (Å²) in [7, 11) is 0. The summed E-state index contributed by atoms with van der Waals surface area (Å²) in [6.07, 6.45) is 0. The normalized spacial score (nSPS) is 10.6. The van der Waals surface area contributed by atoms with Crippen LogP contribution in [-0.4, -0.2) is 26.2 Å². The van der Waals surface area contributed by atoms with Gasteiger partial charge in [0.05, 0.1) is 30.5 Å². The van der Waals surface area contributed by atoms with E-state index in [-0.39, 0.29) is 0 Å². The van der Waals surface area contributed by atoms with Crippen LogP contribution in [0.25, 0.3) is 20.2 Å². The maximum Gasteiger partial charge on any atom is 0.0786 e. The lowest BCUT2D eigenvalue weighted by molar-refractivity contribution is 0.870. The smallest absolute Gasteiger partial charge is 0.0786 e. The molecule has 2 heterocycles. The molecular weight excluding hydrogens is 501 g/mol. The fourth-order valence-corrected chi connectivity index (χ4v) is 7.07. The highest BCUT2D eigenvalue weighted by Gasteiger charge is 2.23. The zero-order valence-corrected chi connectivity index (χ0v) is 24.1. The molecule has 0 unspecified atom stereocenters. The highest BCUT2D eigenvalue weighted by molar-refractivity contribution is 7.22. The van der Waals surface area contributed by atoms with E-state index in [4.69, 9.17) is 0 Å². The SMILES string of the molecule is CCN(CC)c1c2cc(C#Cc3ccccc3)sc2c(N(CC)CC)c2cc(C#Cc3ccccc3)sc12. The molecule has 2 aromatic heterocycles. The molecule has 0 bridgehead atoms. The van der Waals surface area contributed by atoms with E-state index in [1.165, 1.54) is 31.5 Å². The number of hydrogen-bond acceptors (Lipinski definition) is 4. The maximum atomic E-state index is 3.46. The molecule has 3 aromatic carbocycles. The number of fused-ring (bicyclic) bond motifs is 2. The Labute approximate surface area is 234 Å². The van der Waals surface area contributed by atoms with Crippen molar-refractivity contribution in [2.75, 3.05) is 36.0 Å². The van der Waals surface area contributed by atoms with Crippen LogP contribution in [-0.2, 0) is 0 Å². The van der Waals surface area contributed by atoms with Crippen LogP contribution < -0.4 is 9.80 Å². The summed E-state index contributed by atoms with van der Waals surface area (Å²) in [5.74, 6) is 13.7. The molecule has 0 saturated heterocycles. The summed E-state index contributed by atoms with van der Waals surface area (Å²) < 4.78 is 2.64. The van der Waals surface area contributed by atoms with Gasteiger partial charge in [-0.1, -0.05) is 60.1 Å². The van der Waals surface area contributed by atoms with Crippen molar-refractivity contribution in [1.82, 2.24) is 0 Å². The quantitative estimate of drug-likeness (QED) is 0.160. The fourth-order valence-electron chi connectivity index (χ4n) is 4.87. The Morgan fingerprint density at radius 2 is 0.895 bits per heavy atom. The van der Waals surface area contributed by atoms with Crippen molar-refractivity contribution in [3.8, 4) is 23.7 Å². The lowest BCUT2D eigenvalue weighted by Crippen LogP contribution is -2.24. The van der Waals surface area contributed by atoms with Crippen molar-refractivity contribution in [1.29, 1.82) is 0 Å². The van der Waals surface area contributed by atoms with Crippen molar-refractivity contribution in [3.05, 3.63) is 93.7 Å². The number of hydrogen-bond donors (Lipinski definition) is 0. The van der Waals surface area contributed by atoms with Gasteiger partial charge in [-0.05, 0) is 64.1 Å². The highest BCUT2D eigenvalue weighted by Crippen LogP contribution is 2.49. The minimum Gasteiger partial charge on any atom is -0.370 e. The van der Waals surface area contributed by atoms with E-state index in [2.05, 4.69) is 97.6 Å². The molecule has 0 aliphatic rings. The van der Waals surface area contributed by atoms with E-state index >= 15 is 0 Å². The molecule has 0 aliphatic carbocycles. The summed E-state index contributed by atoms with van der Waals surface area (Å²) in [5.41, 5.74) is 4.72. The molecule has 0 amide bonds. The molecule has 4 heteroatoms. The molecule has 38 heavy (non-hydrogen) atoms. The molecule has 0 aliphatic heterocycles. The molecule has 190 valence electrons. The Hall–Kier alpha value is -3.70. The largest absolute Gasteiger partial charge is 0.370 e. The van der Waals surface area contributed by atoms with Gasteiger partial charge in [0.15, 0.2) is 0 Å². The average Bonchev–Trinajstić information content (AvgIpc) is 3.58. The van der Waals surface area contributed by atoms with E-state index in [0.717, 1.165) is 47.1 Å². The average molecular weight is 533 g/mol. The van der Waals surface area contributed by atoms with Gasteiger partial charge in [0.25, 0.3) is 0 Å². The molecule has 0 atom stereocenters. The van der Waals surface area contributed by atoms with Crippen LogP contribution in [0, 0.1) is 23.7 Å². The van der Waals surface area contributed by atoms with Crippen molar-refractivity contribution in [2.45, 2.75) is 27.7 Å². The number of nitrogens with zero attached hydrogens (tertiary/aromatic N) is 2. The van der Waals surface area contributed by atoms with Crippen LogP contribution >= 0.6 is 22.7 Å². The Kier molecular flexibility index (Phi) is 8.04. The monoisotopic (exact) mass is 532 g/mol. The first kappa shape index (κ1) is 25.9. The standard InChI is InChI=1S/C34H32N2S2/c1-5-35(6-2)31-29-23-27(21-19-25-15-11-9-12-16-25)38-34(29)32(36(7-3)8-4)30-24-28(37-33(30)31)22-20-26-17-13-10-14-18-26/h9-18,23-24H,5-8H2,1-4H3. The third-order valence-electron chi connectivity index (χ3n) is 6.77. The summed E-state index contributed by atoms with van der Waals surface area (Å²) in [4.78, 5) is 7.19. The molecule has 0 fully saturated rings. The predicted molar refractivity (Wildman–Crippen MR) is 169 cm³/mol. The second-order valence-electron chi connectivity index (χ2n) is 8.98. The Morgan fingerprint density at radius 3 is 1.24 bits per heavy atom. The summed E-state index contributed by atoms with van der Waals surface area (Å²) in [6, 6.07) is 25.1. The summed E-state index contributed by atoms with van der Waals surface area (Å²) >= 11 is 3.63. The van der Waals surface area contributed by atoms with Gasteiger partial charge in [0.1, 0.15) is 0 Å². The van der Waals surface area contributed by atoms with E-state index in [9.17, 15) is 0 Å². The minimum atomic E-state index is 0.953. The van der Waals surface area contributed by atoms with Crippen molar-refractivity contribution < 1.29 is 0 Å². The van der Waals surface area contributed by atoms with Gasteiger partial charge in [-0.3, -0.25) is 0 Å². The molecular formula is C34H32N2S2. The van der Waals surface area contributed by atoms with Crippen LogP contribution in [0.1, 0.15) is 48.6 Å². The van der Waals surface area contributed by atoms with Crippen LogP contribution in [0.4, 0.5) is 11.4 Å². The lowest BCUT2D eigenvalue weighted by atomic mass is 10.1. The van der Waals surface area contributed by atoms with Gasteiger partial charge in [-0.15, -0.1) is 22.7 Å². The van der Waals surface area contributed by atoms with Gasteiger partial charge in [-0.2, -0.15) is 0 Å². The van der Waals surface area contributed by atoms with Crippen LogP contribution in [0.15, 0.2) is 72.8 Å². The van der Waals surface area contributed by atoms with Gasteiger partial charge < -0.3 is 9.80 Å². The second-order valence-corrected chi connectivity index (χ2v) is 11.1. The topological polar surface area (TPSA) is 6.48 Å². The van der Waals surface area contributed by atoms with E-state index in [1.54, 1.807) is 0 Å². The highest BCUT2D eigenvalue weighted by atomic mass is 32.1. The lowest BCUT2D eigenvalue weighted by Gasteiger charge is -2.27. The van der Waals surface area contributed by atoms with E-state index < -0.39 is 0 Å². The molecule has 0 N–H and O–H groups in total. The number of rotatable bonds is 6. The van der Waals surface area contributed by atoms with Crippen molar-refractivity contribution in [3.63, 3.8) is 0 Å². The molecule has 0 radical (unpaired) electrons. The molecule has 0 saturated carbocycles. The first-order valence-electron chi connectivity index (χ1n) is 13.3. The fraction of sp³-hybridized carbons (Fsp3) is 0.235. The Morgan fingerprint density at radius 1 is 0.526 bits per heavy atom. The molecule has 2 nitrogen and oxygen atoms in total. The van der Waals surface area contributed by atoms with Crippen LogP contribution in [0.2, 0.25) is 0 Å². The zero-order chi connectivity index (χ0) is 26.5. The van der Waals surface area contributed by atoms with Crippen molar-refractivity contribution in [2.24, 2.45) is 0 Å². The first-order chi connectivity index (χ1) is 18.7. The second kappa shape index (κ2) is 11.8. The molecule has 0 spiro atoms. The van der Waals surface area contributed by atoms with E-state index in [1.807, 2.05) is 59.1 Å². The zero-order valence-electron chi connectivity index (χ0n) is 22.5. The van der Waals surface area contributed by atoms with Gasteiger partial charge >= 0.3 is 0 Å². The third kappa shape index (κ3) is 5.16. The number of thiophene rings is 2. The Balaban J connectivity index is 1.77. The first-order valence-corrected chi connectivity index (χ1v) is 15.0. The summed E-state index contributed by atoms with van der Waals surface area (Å²) in [5, 5.41) is 2.60. The van der Waals surface area contributed by atoms with Crippen LogP contribution in [0.5, 0.6) is 0 Å². The summed E-state index contributed by atoms with van der Waals surface area (Å²) in [6.45, 7) is 12.8. The molecule has 5 aromatic rings. The van der Waals surface area contributed by atoms with Crippen molar-refractivity contribution >= 4 is 54.2 Å². The van der Waals surface area contributed by atoms with Gasteiger partial charge in [-0.25, -0.2) is 0 Å². The predicted octanol–water partition coefficient (Wildman–Crippen LogP) is 8.61. The third-order valence-corrected chi connectivity index (χ3v) is 8.89.